The van der Waals surface area contributed by atoms with Crippen LogP contribution >= 0.6 is 0 Å². The van der Waals surface area contributed by atoms with Gasteiger partial charge >= 0.3 is 5.97 Å². The molecule has 0 aliphatic heterocycles. The van der Waals surface area contributed by atoms with Gasteiger partial charge in [-0.05, 0) is 30.7 Å². The lowest BCUT2D eigenvalue weighted by Crippen LogP contribution is -2.32. The summed E-state index contributed by atoms with van der Waals surface area (Å²) in [6.07, 6.45) is 0.590. The van der Waals surface area contributed by atoms with Crippen molar-refractivity contribution in [1.82, 2.24) is 5.32 Å². The highest BCUT2D eigenvalue weighted by atomic mass is 16.5. The van der Waals surface area contributed by atoms with Gasteiger partial charge in [-0.15, -0.1) is 0 Å². The fraction of sp³-hybridized carbons (Fsp3) is 0.550. The van der Waals surface area contributed by atoms with E-state index in [4.69, 9.17) is 0 Å². The number of amides is 1. The second kappa shape index (κ2) is 16.3. The molecular formula is C20H36N2O4. The zero-order valence-corrected chi connectivity index (χ0v) is 17.7. The number of hydrogen-bond donors (Lipinski definition) is 2. The summed E-state index contributed by atoms with van der Waals surface area (Å²) in [6, 6.07) is 4.24. The molecule has 0 fully saturated rings. The van der Waals surface area contributed by atoms with E-state index in [2.05, 4.69) is 15.8 Å². The Morgan fingerprint density at radius 1 is 1.04 bits per heavy atom. The van der Waals surface area contributed by atoms with E-state index in [1.54, 1.807) is 0 Å². The Hall–Kier alpha value is -2.21. The van der Waals surface area contributed by atoms with E-state index < -0.39 is 5.97 Å². The Kier molecular flexibility index (Phi) is 17.9. The monoisotopic (exact) mass is 368 g/mol. The molecule has 0 saturated carbocycles. The van der Waals surface area contributed by atoms with Gasteiger partial charge in [0.25, 0.3) is 5.91 Å². The van der Waals surface area contributed by atoms with Crippen molar-refractivity contribution in [2.24, 2.45) is 11.1 Å². The molecule has 1 amide bonds. The summed E-state index contributed by atoms with van der Waals surface area (Å²) in [5.74, 6) is -0.910. The number of hydrogen-bond acceptors (Lipinski definition) is 5. The topological polar surface area (TPSA) is 98.5 Å². The van der Waals surface area contributed by atoms with Gasteiger partial charge in [0.05, 0.1) is 12.7 Å². The van der Waals surface area contributed by atoms with Gasteiger partial charge in [0.15, 0.2) is 0 Å². The average molecular weight is 369 g/mol. The van der Waals surface area contributed by atoms with Gasteiger partial charge in [-0.25, -0.2) is 4.79 Å². The van der Waals surface area contributed by atoms with Crippen LogP contribution in [0.25, 0.3) is 0 Å². The number of methoxy groups -OCH3 is 1. The third kappa shape index (κ3) is 12.2. The van der Waals surface area contributed by atoms with Crippen LogP contribution in [0.4, 0.5) is 0 Å². The summed E-state index contributed by atoms with van der Waals surface area (Å²) in [7, 11) is 2.75. The maximum absolute atomic E-state index is 12.0. The van der Waals surface area contributed by atoms with Gasteiger partial charge in [-0.2, -0.15) is 0 Å². The molecule has 1 aromatic rings. The summed E-state index contributed by atoms with van der Waals surface area (Å²) in [4.78, 5) is 34.4. The predicted molar refractivity (Wildman–Crippen MR) is 108 cm³/mol. The van der Waals surface area contributed by atoms with Crippen LogP contribution in [0.2, 0.25) is 0 Å². The highest BCUT2D eigenvalue weighted by Gasteiger charge is 2.16. The number of nitrogens with two attached hydrogens (primary N) is 1. The summed E-state index contributed by atoms with van der Waals surface area (Å²) in [6.45, 7) is 14.5. The molecule has 0 aromatic heterocycles. The van der Waals surface area contributed by atoms with E-state index in [9.17, 15) is 14.4 Å². The molecule has 1 aromatic carbocycles. The molecule has 6 nitrogen and oxygen atoms in total. The van der Waals surface area contributed by atoms with E-state index in [1.807, 2.05) is 48.5 Å². The standard InChI is InChI=1S/C15H19NO4.2C2H6.CH5N/c1-15(2,3)9-16-13(18)11-5-10(8-17)6-12(7-11)14(19)20-4;3*1-2/h5-8H,9H2,1-4H3,(H,16,18);2*1-2H3;2H2,1H3. The van der Waals surface area contributed by atoms with E-state index in [1.165, 1.54) is 32.4 Å². The van der Waals surface area contributed by atoms with Gasteiger partial charge in [-0.1, -0.05) is 48.5 Å². The number of carbonyl (C=O) groups is 3. The first-order valence-electron chi connectivity index (χ1n) is 8.81. The number of nitrogens with one attached hydrogen (secondary N) is 1. The fourth-order valence-electron chi connectivity index (χ4n) is 1.53. The smallest absolute Gasteiger partial charge is 0.337 e. The second-order valence-corrected chi connectivity index (χ2v) is 5.70. The largest absolute Gasteiger partial charge is 0.465 e. The molecule has 0 saturated heterocycles. The average Bonchev–Trinajstić information content (AvgIpc) is 2.69. The van der Waals surface area contributed by atoms with Crippen molar-refractivity contribution >= 4 is 18.2 Å². The van der Waals surface area contributed by atoms with E-state index in [-0.39, 0.29) is 28.0 Å². The van der Waals surface area contributed by atoms with Crippen LogP contribution in [0.15, 0.2) is 18.2 Å². The molecule has 0 radical (unpaired) electrons. The van der Waals surface area contributed by atoms with Crippen molar-refractivity contribution in [1.29, 1.82) is 0 Å². The Balaban J connectivity index is -0.000000795. The molecule has 0 aliphatic rings. The first kappa shape index (κ1) is 28.6. The van der Waals surface area contributed by atoms with Crippen molar-refractivity contribution in [3.05, 3.63) is 34.9 Å². The van der Waals surface area contributed by atoms with Crippen LogP contribution in [0.5, 0.6) is 0 Å². The molecule has 3 N–H and O–H groups in total. The molecule has 0 heterocycles. The molecule has 0 spiro atoms. The number of carbonyl (C=O) groups excluding carboxylic acids is 3. The van der Waals surface area contributed by atoms with Crippen molar-refractivity contribution in [2.45, 2.75) is 48.5 Å². The Bertz CT molecular complexity index is 535. The normalized spacial score (nSPS) is 9.00. The van der Waals surface area contributed by atoms with Gasteiger partial charge in [0, 0.05) is 17.7 Å². The van der Waals surface area contributed by atoms with Crippen molar-refractivity contribution < 1.29 is 19.1 Å². The molecule has 150 valence electrons. The van der Waals surface area contributed by atoms with Crippen molar-refractivity contribution in [2.75, 3.05) is 20.7 Å². The summed E-state index contributed by atoms with van der Waals surface area (Å²) in [5, 5.41) is 2.77. The number of aldehydes is 1. The zero-order valence-electron chi connectivity index (χ0n) is 17.7. The van der Waals surface area contributed by atoms with Crippen LogP contribution in [0.1, 0.15) is 79.5 Å². The first-order valence-corrected chi connectivity index (χ1v) is 8.81. The fourth-order valence-corrected chi connectivity index (χ4v) is 1.53. The van der Waals surface area contributed by atoms with Crippen LogP contribution in [0.3, 0.4) is 0 Å². The highest BCUT2D eigenvalue weighted by Crippen LogP contribution is 2.13. The van der Waals surface area contributed by atoms with Crippen LogP contribution in [-0.2, 0) is 4.74 Å². The van der Waals surface area contributed by atoms with Crippen LogP contribution < -0.4 is 11.1 Å². The Morgan fingerprint density at radius 3 is 1.88 bits per heavy atom. The van der Waals surface area contributed by atoms with Crippen LogP contribution in [-0.4, -0.2) is 38.9 Å². The third-order valence-corrected chi connectivity index (χ3v) is 2.55. The van der Waals surface area contributed by atoms with Crippen LogP contribution in [0, 0.1) is 5.41 Å². The number of ether oxygens (including phenoxy) is 1. The second-order valence-electron chi connectivity index (χ2n) is 5.70. The van der Waals surface area contributed by atoms with Gasteiger partial charge < -0.3 is 15.8 Å². The number of rotatable bonds is 4. The predicted octanol–water partition coefficient (Wildman–Crippen LogP) is 3.69. The molecule has 0 atom stereocenters. The van der Waals surface area contributed by atoms with Gasteiger partial charge in [-0.3, -0.25) is 9.59 Å². The van der Waals surface area contributed by atoms with E-state index in [0.29, 0.717) is 12.8 Å². The van der Waals surface area contributed by atoms with Gasteiger partial charge in [0.1, 0.15) is 6.29 Å². The Labute approximate surface area is 158 Å². The lowest BCUT2D eigenvalue weighted by molar-refractivity contribution is 0.0600. The minimum Gasteiger partial charge on any atom is -0.465 e. The van der Waals surface area contributed by atoms with E-state index >= 15 is 0 Å². The molecule has 6 heteroatoms. The quantitative estimate of drug-likeness (QED) is 0.624. The minimum absolute atomic E-state index is 0.0525. The lowest BCUT2D eigenvalue weighted by atomic mass is 9.96. The Morgan fingerprint density at radius 2 is 1.50 bits per heavy atom. The van der Waals surface area contributed by atoms with Crippen molar-refractivity contribution in [3.63, 3.8) is 0 Å². The molecular weight excluding hydrogens is 332 g/mol. The number of esters is 1. The third-order valence-electron chi connectivity index (χ3n) is 2.55. The summed E-state index contributed by atoms with van der Waals surface area (Å²) < 4.78 is 4.60. The molecule has 26 heavy (non-hydrogen) atoms. The number of benzene rings is 1. The van der Waals surface area contributed by atoms with E-state index in [0.717, 1.165) is 0 Å². The summed E-state index contributed by atoms with van der Waals surface area (Å²) >= 11 is 0. The lowest BCUT2D eigenvalue weighted by Gasteiger charge is -2.18. The molecule has 0 bridgehead atoms. The summed E-state index contributed by atoms with van der Waals surface area (Å²) in [5.41, 5.74) is 5.15. The first-order chi connectivity index (χ1) is 12.3. The molecule has 1 rings (SSSR count). The minimum atomic E-state index is -0.585. The SMILES string of the molecule is CC.CC.CN.COC(=O)c1cc(C=O)cc(C(=O)NCC(C)(C)C)c1. The van der Waals surface area contributed by atoms with Gasteiger partial charge in [0.2, 0.25) is 0 Å². The highest BCUT2D eigenvalue weighted by molar-refractivity contribution is 6.00. The maximum atomic E-state index is 12.0. The van der Waals surface area contributed by atoms with Crippen molar-refractivity contribution in [3.8, 4) is 0 Å². The molecule has 0 aliphatic carbocycles. The molecule has 0 unspecified atom stereocenters. The zero-order chi connectivity index (χ0) is 21.3. The maximum Gasteiger partial charge on any atom is 0.337 e.